The van der Waals surface area contributed by atoms with Crippen LogP contribution in [0.15, 0.2) is 23.7 Å². The third-order valence-corrected chi connectivity index (χ3v) is 11.5. The number of likely N-dealkylation sites (tertiary alicyclic amines) is 1. The molecular weight excluding hydrogens is 695 g/mol. The van der Waals surface area contributed by atoms with E-state index in [1.54, 1.807) is 6.07 Å². The molecule has 3 aliphatic rings. The van der Waals surface area contributed by atoms with Crippen LogP contribution < -0.4 is 15.1 Å². The smallest absolute Gasteiger partial charge is 0.410 e. The Bertz CT molecular complexity index is 1670. The van der Waals surface area contributed by atoms with Gasteiger partial charge in [0, 0.05) is 50.3 Å². The van der Waals surface area contributed by atoms with Gasteiger partial charge in [0.15, 0.2) is 5.13 Å². The lowest BCUT2D eigenvalue weighted by atomic mass is 9.93. The highest BCUT2D eigenvalue weighted by molar-refractivity contribution is 7.21. The van der Waals surface area contributed by atoms with Crippen LogP contribution >= 0.6 is 45.9 Å². The van der Waals surface area contributed by atoms with E-state index in [0.717, 1.165) is 41.5 Å². The van der Waals surface area contributed by atoms with E-state index in [0.29, 0.717) is 71.6 Å². The summed E-state index contributed by atoms with van der Waals surface area (Å²) in [5.74, 6) is 0.236. The van der Waals surface area contributed by atoms with Crippen LogP contribution in [0.5, 0.6) is 0 Å². The lowest BCUT2D eigenvalue weighted by molar-refractivity contribution is -0.148. The Kier molecular flexibility index (Phi) is 10.4. The zero-order valence-corrected chi connectivity index (χ0v) is 30.6. The van der Waals surface area contributed by atoms with Gasteiger partial charge in [0.2, 0.25) is 0 Å². The molecule has 3 aliphatic heterocycles. The van der Waals surface area contributed by atoms with E-state index < -0.39 is 5.60 Å². The quantitative estimate of drug-likeness (QED) is 0.247. The summed E-state index contributed by atoms with van der Waals surface area (Å²) in [6.45, 7) is 11.3. The van der Waals surface area contributed by atoms with Crippen molar-refractivity contribution in [2.24, 2.45) is 11.8 Å². The summed E-state index contributed by atoms with van der Waals surface area (Å²) in [6, 6.07) is 3.64. The minimum Gasteiger partial charge on any atom is -0.466 e. The SMILES string of the molecule is CCOC(=O)C1CCN(c2ncc(C(=O)Nc3nc(-c4cc(Cl)cs4)c(N4CCC5C(CCN5C(=O)OC(C)(C)C)C4)s3)cc2Cl)CC1. The number of rotatable bonds is 7. The van der Waals surface area contributed by atoms with Crippen molar-refractivity contribution in [2.45, 2.75) is 65.0 Å². The van der Waals surface area contributed by atoms with Gasteiger partial charge in [-0.2, -0.15) is 0 Å². The topological polar surface area (TPSA) is 117 Å². The van der Waals surface area contributed by atoms with E-state index in [2.05, 4.69) is 15.2 Å². The standard InChI is InChI=1S/C33H40Cl2N6O5S2/c1-5-45-30(43)19-6-10-39(11-7-19)27-23(35)14-21(16-36-27)28(42)38-31-37-26(25-15-22(34)18-47-25)29(48-31)40-12-9-24-20(17-40)8-13-41(24)32(44)46-33(2,3)4/h14-16,18-20,24H,5-13,17H2,1-4H3,(H,37,38,42). The van der Waals surface area contributed by atoms with Gasteiger partial charge in [-0.25, -0.2) is 14.8 Å². The number of anilines is 3. The molecule has 3 aromatic heterocycles. The van der Waals surface area contributed by atoms with E-state index in [1.807, 2.05) is 48.9 Å². The van der Waals surface area contributed by atoms with Crippen molar-refractivity contribution in [3.63, 3.8) is 0 Å². The van der Waals surface area contributed by atoms with Crippen LogP contribution in [0.1, 0.15) is 63.7 Å². The number of halogens is 2. The number of aromatic nitrogens is 2. The Balaban J connectivity index is 1.15. The van der Waals surface area contributed by atoms with E-state index in [4.69, 9.17) is 37.7 Å². The predicted molar refractivity (Wildman–Crippen MR) is 191 cm³/mol. The number of hydrogen-bond acceptors (Lipinski definition) is 11. The van der Waals surface area contributed by atoms with Gasteiger partial charge in [0.1, 0.15) is 22.1 Å². The predicted octanol–water partition coefficient (Wildman–Crippen LogP) is 7.44. The van der Waals surface area contributed by atoms with Crippen molar-refractivity contribution in [3.05, 3.63) is 39.3 Å². The van der Waals surface area contributed by atoms with E-state index in [1.165, 1.54) is 28.9 Å². The fourth-order valence-corrected chi connectivity index (χ4v) is 9.06. The van der Waals surface area contributed by atoms with Gasteiger partial charge in [0.05, 0.1) is 33.0 Å². The number of hydrogen-bond donors (Lipinski definition) is 1. The molecule has 3 fully saturated rings. The number of fused-ring (bicyclic) bond motifs is 1. The lowest BCUT2D eigenvalue weighted by Crippen LogP contribution is -2.48. The Morgan fingerprint density at radius 2 is 1.79 bits per heavy atom. The van der Waals surface area contributed by atoms with Crippen molar-refractivity contribution in [1.82, 2.24) is 14.9 Å². The molecule has 258 valence electrons. The molecule has 1 N–H and O–H groups in total. The minimum atomic E-state index is -0.538. The van der Waals surface area contributed by atoms with Crippen molar-refractivity contribution in [1.29, 1.82) is 0 Å². The number of amides is 2. The number of carbonyl (C=O) groups excluding carboxylic acids is 3. The molecular formula is C33H40Cl2N6O5S2. The maximum Gasteiger partial charge on any atom is 0.410 e. The van der Waals surface area contributed by atoms with Crippen molar-refractivity contribution in [2.75, 3.05) is 54.4 Å². The molecule has 0 aromatic carbocycles. The zero-order chi connectivity index (χ0) is 34.2. The highest BCUT2D eigenvalue weighted by Crippen LogP contribution is 2.44. The van der Waals surface area contributed by atoms with Crippen LogP contribution in [-0.4, -0.2) is 83.8 Å². The third-order valence-electron chi connectivity index (χ3n) is 8.88. The second-order valence-electron chi connectivity index (χ2n) is 13.3. The molecule has 15 heteroatoms. The zero-order valence-electron chi connectivity index (χ0n) is 27.5. The van der Waals surface area contributed by atoms with Crippen LogP contribution in [0.25, 0.3) is 10.6 Å². The van der Waals surface area contributed by atoms with E-state index in [9.17, 15) is 14.4 Å². The van der Waals surface area contributed by atoms with Gasteiger partial charge >= 0.3 is 12.1 Å². The molecule has 2 unspecified atom stereocenters. The molecule has 0 radical (unpaired) electrons. The molecule has 48 heavy (non-hydrogen) atoms. The largest absolute Gasteiger partial charge is 0.466 e. The van der Waals surface area contributed by atoms with Gasteiger partial charge in [-0.1, -0.05) is 34.5 Å². The highest BCUT2D eigenvalue weighted by Gasteiger charge is 2.43. The first kappa shape index (κ1) is 34.7. The molecule has 6 rings (SSSR count). The molecule has 0 bridgehead atoms. The molecule has 0 saturated carbocycles. The summed E-state index contributed by atoms with van der Waals surface area (Å²) in [4.78, 5) is 55.0. The Morgan fingerprint density at radius 3 is 2.46 bits per heavy atom. The van der Waals surface area contributed by atoms with Crippen LogP contribution in [0.3, 0.4) is 0 Å². The Hall–Kier alpha value is -3.13. The number of thiophene rings is 1. The average molecular weight is 736 g/mol. The molecule has 0 aliphatic carbocycles. The van der Waals surface area contributed by atoms with Crippen LogP contribution in [0.2, 0.25) is 10.0 Å². The van der Waals surface area contributed by atoms with E-state index in [-0.39, 0.29) is 29.9 Å². The Labute approximate surface area is 298 Å². The minimum absolute atomic E-state index is 0.125. The number of thiazole rings is 1. The molecule has 3 saturated heterocycles. The average Bonchev–Trinajstić information content (AvgIpc) is 3.78. The second kappa shape index (κ2) is 14.4. The third kappa shape index (κ3) is 7.69. The van der Waals surface area contributed by atoms with Crippen LogP contribution in [0.4, 0.5) is 20.7 Å². The van der Waals surface area contributed by atoms with Crippen molar-refractivity contribution in [3.8, 4) is 10.6 Å². The van der Waals surface area contributed by atoms with Crippen molar-refractivity contribution >= 4 is 79.8 Å². The summed E-state index contributed by atoms with van der Waals surface area (Å²) in [5, 5.41) is 7.24. The summed E-state index contributed by atoms with van der Waals surface area (Å²) in [5.41, 5.74) is 0.547. The number of ether oxygens (including phenoxy) is 2. The molecule has 0 spiro atoms. The first-order valence-electron chi connectivity index (χ1n) is 16.3. The van der Waals surface area contributed by atoms with Gasteiger partial charge in [-0.3, -0.25) is 14.9 Å². The fraction of sp³-hybridized carbons (Fsp3) is 0.545. The fourth-order valence-electron chi connectivity index (χ4n) is 6.64. The summed E-state index contributed by atoms with van der Waals surface area (Å²) < 4.78 is 10.9. The lowest BCUT2D eigenvalue weighted by Gasteiger charge is -2.38. The number of nitrogens with one attached hydrogen (secondary N) is 1. The van der Waals surface area contributed by atoms with Crippen molar-refractivity contribution < 1.29 is 23.9 Å². The number of piperidine rings is 2. The normalized spacial score (nSPS) is 20.1. The summed E-state index contributed by atoms with van der Waals surface area (Å²) in [7, 11) is 0. The van der Waals surface area contributed by atoms with Gasteiger partial charge < -0.3 is 24.2 Å². The van der Waals surface area contributed by atoms with Gasteiger partial charge in [-0.15, -0.1) is 11.3 Å². The molecule has 2 amide bonds. The second-order valence-corrected chi connectivity index (χ2v) is 16.1. The molecule has 3 aromatic rings. The monoisotopic (exact) mass is 734 g/mol. The number of carbonyl (C=O) groups is 3. The number of nitrogens with zero attached hydrogens (tertiary/aromatic N) is 5. The molecule has 6 heterocycles. The first-order valence-corrected chi connectivity index (χ1v) is 18.7. The van der Waals surface area contributed by atoms with Crippen LogP contribution in [-0.2, 0) is 14.3 Å². The first-order chi connectivity index (χ1) is 22.9. The molecule has 2 atom stereocenters. The number of pyridine rings is 1. The van der Waals surface area contributed by atoms with Gasteiger partial charge in [-0.05, 0) is 71.4 Å². The summed E-state index contributed by atoms with van der Waals surface area (Å²) >= 11 is 15.9. The van der Waals surface area contributed by atoms with E-state index >= 15 is 0 Å². The van der Waals surface area contributed by atoms with Gasteiger partial charge in [0.25, 0.3) is 5.91 Å². The summed E-state index contributed by atoms with van der Waals surface area (Å²) in [6.07, 6.45) is 4.29. The number of esters is 1. The molecule has 11 nitrogen and oxygen atoms in total. The Morgan fingerprint density at radius 1 is 1.04 bits per heavy atom. The highest BCUT2D eigenvalue weighted by atomic mass is 35.5. The van der Waals surface area contributed by atoms with Crippen LogP contribution in [0, 0.1) is 11.8 Å². The maximum atomic E-state index is 13.4. The maximum absolute atomic E-state index is 13.4.